The summed E-state index contributed by atoms with van der Waals surface area (Å²) in [5, 5.41) is 3.13. The van der Waals surface area contributed by atoms with Gasteiger partial charge in [-0.05, 0) is 40.5 Å². The largest absolute Gasteiger partial charge is 0.366 e. The average Bonchev–Trinajstić information content (AvgIpc) is 2.40. The molecule has 1 N–H and O–H groups in total. The number of rotatable bonds is 5. The van der Waals surface area contributed by atoms with Gasteiger partial charge in [-0.25, -0.2) is 14.4 Å². The Balaban J connectivity index is 2.12. The van der Waals surface area contributed by atoms with Gasteiger partial charge in [-0.2, -0.15) is 0 Å². The molecule has 20 heavy (non-hydrogen) atoms. The van der Waals surface area contributed by atoms with Crippen LogP contribution in [0.1, 0.15) is 24.7 Å². The SMILES string of the molecule is CCCc1nc(Br)cc(NCc2cc(Br)ccc2F)n1. The fourth-order valence-corrected chi connectivity index (χ4v) is 2.59. The first-order valence-corrected chi connectivity index (χ1v) is 7.88. The minimum absolute atomic E-state index is 0.234. The van der Waals surface area contributed by atoms with Crippen molar-refractivity contribution in [2.75, 3.05) is 5.32 Å². The molecule has 0 radical (unpaired) electrons. The van der Waals surface area contributed by atoms with Crippen LogP contribution in [0.4, 0.5) is 10.2 Å². The number of nitrogens with zero attached hydrogens (tertiary/aromatic N) is 2. The highest BCUT2D eigenvalue weighted by Crippen LogP contribution is 2.18. The topological polar surface area (TPSA) is 37.8 Å². The quantitative estimate of drug-likeness (QED) is 0.736. The van der Waals surface area contributed by atoms with Crippen LogP contribution in [0.15, 0.2) is 33.3 Å². The molecule has 106 valence electrons. The number of anilines is 1. The number of nitrogens with one attached hydrogen (secondary N) is 1. The van der Waals surface area contributed by atoms with Gasteiger partial charge in [-0.1, -0.05) is 22.9 Å². The second-order valence-electron chi connectivity index (χ2n) is 4.33. The van der Waals surface area contributed by atoms with Crippen LogP contribution in [-0.4, -0.2) is 9.97 Å². The van der Waals surface area contributed by atoms with Crippen LogP contribution < -0.4 is 5.32 Å². The second-order valence-corrected chi connectivity index (χ2v) is 6.06. The highest BCUT2D eigenvalue weighted by atomic mass is 79.9. The van der Waals surface area contributed by atoms with Gasteiger partial charge in [0.05, 0.1) is 0 Å². The Kier molecular flexibility index (Phi) is 5.48. The van der Waals surface area contributed by atoms with Gasteiger partial charge in [-0.3, -0.25) is 0 Å². The zero-order chi connectivity index (χ0) is 14.5. The maximum Gasteiger partial charge on any atom is 0.132 e. The van der Waals surface area contributed by atoms with Crippen molar-refractivity contribution in [1.29, 1.82) is 0 Å². The maximum atomic E-state index is 13.6. The van der Waals surface area contributed by atoms with Crippen molar-refractivity contribution < 1.29 is 4.39 Å². The maximum absolute atomic E-state index is 13.6. The van der Waals surface area contributed by atoms with Crippen molar-refractivity contribution in [3.05, 3.63) is 50.5 Å². The van der Waals surface area contributed by atoms with Crippen LogP contribution in [0.3, 0.4) is 0 Å². The molecule has 0 aliphatic carbocycles. The molecule has 0 aliphatic heterocycles. The van der Waals surface area contributed by atoms with E-state index in [-0.39, 0.29) is 5.82 Å². The molecule has 0 bridgehead atoms. The highest BCUT2D eigenvalue weighted by Gasteiger charge is 2.05. The molecule has 0 atom stereocenters. The number of hydrogen-bond acceptors (Lipinski definition) is 3. The van der Waals surface area contributed by atoms with E-state index < -0.39 is 0 Å². The van der Waals surface area contributed by atoms with Gasteiger partial charge >= 0.3 is 0 Å². The Morgan fingerprint density at radius 3 is 2.75 bits per heavy atom. The van der Waals surface area contributed by atoms with Gasteiger partial charge in [-0.15, -0.1) is 0 Å². The van der Waals surface area contributed by atoms with Crippen LogP contribution >= 0.6 is 31.9 Å². The first-order valence-electron chi connectivity index (χ1n) is 6.29. The molecule has 0 saturated carbocycles. The van der Waals surface area contributed by atoms with Gasteiger partial charge in [0.25, 0.3) is 0 Å². The van der Waals surface area contributed by atoms with Gasteiger partial charge < -0.3 is 5.32 Å². The predicted octanol–water partition coefficient (Wildman–Crippen LogP) is 4.71. The van der Waals surface area contributed by atoms with Gasteiger partial charge in [0.1, 0.15) is 22.1 Å². The van der Waals surface area contributed by atoms with Gasteiger partial charge in [0.15, 0.2) is 0 Å². The lowest BCUT2D eigenvalue weighted by atomic mass is 10.2. The Hall–Kier alpha value is -1.01. The Labute approximate surface area is 134 Å². The van der Waals surface area contributed by atoms with E-state index in [2.05, 4.69) is 54.1 Å². The Morgan fingerprint density at radius 2 is 2.00 bits per heavy atom. The molecule has 0 aliphatic rings. The third-order valence-electron chi connectivity index (χ3n) is 2.68. The molecule has 1 aromatic carbocycles. The normalized spacial score (nSPS) is 10.6. The molecule has 0 fully saturated rings. The van der Waals surface area contributed by atoms with Crippen molar-refractivity contribution >= 4 is 37.7 Å². The Bertz CT molecular complexity index is 605. The van der Waals surface area contributed by atoms with E-state index >= 15 is 0 Å². The fraction of sp³-hybridized carbons (Fsp3) is 0.286. The molecule has 6 heteroatoms. The van der Waals surface area contributed by atoms with E-state index in [1.54, 1.807) is 18.2 Å². The van der Waals surface area contributed by atoms with E-state index in [9.17, 15) is 4.39 Å². The lowest BCUT2D eigenvalue weighted by molar-refractivity contribution is 0.612. The number of halogens is 3. The molecule has 0 spiro atoms. The standard InChI is InChI=1S/C14H14Br2FN3/c1-2-3-13-19-12(16)7-14(20-13)18-8-9-6-10(15)4-5-11(9)17/h4-7H,2-3,8H2,1H3,(H,18,19,20). The first kappa shape index (κ1) is 15.4. The molecule has 1 heterocycles. The number of benzene rings is 1. The highest BCUT2D eigenvalue weighted by molar-refractivity contribution is 9.10. The summed E-state index contributed by atoms with van der Waals surface area (Å²) in [6, 6.07) is 6.67. The molecule has 2 rings (SSSR count). The minimum Gasteiger partial charge on any atom is -0.366 e. The minimum atomic E-state index is -0.234. The summed E-state index contributed by atoms with van der Waals surface area (Å²) in [6.45, 7) is 2.45. The van der Waals surface area contributed by atoms with E-state index in [0.717, 1.165) is 27.7 Å². The zero-order valence-electron chi connectivity index (χ0n) is 11.0. The number of aromatic nitrogens is 2. The molecule has 1 aromatic heterocycles. The third kappa shape index (κ3) is 4.24. The first-order chi connectivity index (χ1) is 9.58. The zero-order valence-corrected chi connectivity index (χ0v) is 14.1. The fourth-order valence-electron chi connectivity index (χ4n) is 1.76. The van der Waals surface area contributed by atoms with Crippen LogP contribution in [0.2, 0.25) is 0 Å². The average molecular weight is 403 g/mol. The van der Waals surface area contributed by atoms with Crippen LogP contribution in [0.5, 0.6) is 0 Å². The van der Waals surface area contributed by atoms with Crippen molar-refractivity contribution in [3.63, 3.8) is 0 Å². The van der Waals surface area contributed by atoms with E-state index in [1.807, 2.05) is 0 Å². The van der Waals surface area contributed by atoms with Gasteiger partial charge in [0.2, 0.25) is 0 Å². The summed E-state index contributed by atoms with van der Waals surface area (Å²) in [6.07, 6.45) is 1.80. The molecular formula is C14H14Br2FN3. The lowest BCUT2D eigenvalue weighted by Gasteiger charge is -2.09. The van der Waals surface area contributed by atoms with E-state index in [1.165, 1.54) is 6.07 Å². The summed E-state index contributed by atoms with van der Waals surface area (Å²) < 4.78 is 15.2. The molecule has 2 aromatic rings. The smallest absolute Gasteiger partial charge is 0.132 e. The van der Waals surface area contributed by atoms with Crippen molar-refractivity contribution in [2.24, 2.45) is 0 Å². The van der Waals surface area contributed by atoms with Crippen molar-refractivity contribution in [2.45, 2.75) is 26.3 Å². The second kappa shape index (κ2) is 7.13. The molecule has 0 saturated heterocycles. The Morgan fingerprint density at radius 1 is 1.20 bits per heavy atom. The summed E-state index contributed by atoms with van der Waals surface area (Å²) in [5.74, 6) is 1.23. The summed E-state index contributed by atoms with van der Waals surface area (Å²) in [4.78, 5) is 8.70. The number of aryl methyl sites for hydroxylation is 1. The molecule has 0 amide bonds. The third-order valence-corrected chi connectivity index (χ3v) is 3.58. The summed E-state index contributed by atoms with van der Waals surface area (Å²) >= 11 is 6.70. The summed E-state index contributed by atoms with van der Waals surface area (Å²) in [5.41, 5.74) is 0.589. The van der Waals surface area contributed by atoms with Crippen molar-refractivity contribution in [1.82, 2.24) is 9.97 Å². The molecular weight excluding hydrogens is 389 g/mol. The predicted molar refractivity (Wildman–Crippen MR) is 85.2 cm³/mol. The van der Waals surface area contributed by atoms with Crippen LogP contribution in [-0.2, 0) is 13.0 Å². The monoisotopic (exact) mass is 401 g/mol. The number of hydrogen-bond donors (Lipinski definition) is 1. The van der Waals surface area contributed by atoms with E-state index in [4.69, 9.17) is 0 Å². The molecule has 0 unspecified atom stereocenters. The van der Waals surface area contributed by atoms with Gasteiger partial charge in [0, 0.05) is 29.1 Å². The van der Waals surface area contributed by atoms with Crippen molar-refractivity contribution in [3.8, 4) is 0 Å². The van der Waals surface area contributed by atoms with Crippen LogP contribution in [0, 0.1) is 5.82 Å². The van der Waals surface area contributed by atoms with Crippen LogP contribution in [0.25, 0.3) is 0 Å². The van der Waals surface area contributed by atoms with E-state index in [0.29, 0.717) is 17.9 Å². The summed E-state index contributed by atoms with van der Waals surface area (Å²) in [7, 11) is 0. The molecule has 3 nitrogen and oxygen atoms in total. The lowest BCUT2D eigenvalue weighted by Crippen LogP contribution is -2.06.